The molecule has 0 fully saturated rings. The zero-order chi connectivity index (χ0) is 8.81. The maximum atomic E-state index is 5.12. The van der Waals surface area contributed by atoms with Crippen LogP contribution in [0, 0.1) is 6.07 Å². The molecule has 3 nitrogen and oxygen atoms in total. The predicted molar refractivity (Wildman–Crippen MR) is 44.3 cm³/mol. The van der Waals surface area contributed by atoms with Crippen molar-refractivity contribution in [1.29, 1.82) is 0 Å². The third-order valence-electron chi connectivity index (χ3n) is 1.32. The smallest absolute Gasteiger partial charge is 0.554 e. The summed E-state index contributed by atoms with van der Waals surface area (Å²) in [5.41, 5.74) is 0. The largest absolute Gasteiger partial charge is 1.00 e. The average Bonchev–Trinajstić information content (AvgIpc) is 2.15. The standard InChI is InChI=1S/C9H11O3.Li/c1-10-7-12-9-5-3-8(11-2)4-6-9;/h3-5H,7H2,1-2H3;/q-1;+1. The molecule has 0 N–H and O–H groups in total. The van der Waals surface area contributed by atoms with Gasteiger partial charge in [-0.25, -0.2) is 0 Å². The Balaban J connectivity index is 0.00000144. The van der Waals surface area contributed by atoms with Crippen LogP contribution in [0.2, 0.25) is 0 Å². The van der Waals surface area contributed by atoms with Gasteiger partial charge in [0.05, 0.1) is 7.11 Å². The molecule has 0 aliphatic carbocycles. The Bertz CT molecular complexity index is 223. The molecule has 0 aliphatic heterocycles. The monoisotopic (exact) mass is 174 g/mol. The molecule has 1 aromatic carbocycles. The fraction of sp³-hybridized carbons (Fsp3) is 0.333. The second kappa shape index (κ2) is 6.85. The SMILES string of the molecule is COCOc1[c-]cc(OC)cc1.[Li+]. The Labute approximate surface area is 90.2 Å². The Hall–Kier alpha value is -0.623. The third-order valence-corrected chi connectivity index (χ3v) is 1.32. The quantitative estimate of drug-likeness (QED) is 0.315. The molecule has 0 aliphatic rings. The van der Waals surface area contributed by atoms with Gasteiger partial charge in [-0.3, -0.25) is 0 Å². The van der Waals surface area contributed by atoms with Gasteiger partial charge in [-0.1, -0.05) is 0 Å². The molecule has 0 atom stereocenters. The molecule has 13 heavy (non-hydrogen) atoms. The summed E-state index contributed by atoms with van der Waals surface area (Å²) in [6, 6.07) is 8.19. The van der Waals surface area contributed by atoms with Crippen molar-refractivity contribution in [2.45, 2.75) is 0 Å². The molecule has 0 radical (unpaired) electrons. The van der Waals surface area contributed by atoms with Crippen LogP contribution in [0.4, 0.5) is 0 Å². The fourth-order valence-electron chi connectivity index (χ4n) is 0.735. The van der Waals surface area contributed by atoms with E-state index in [0.29, 0.717) is 5.75 Å². The number of methoxy groups -OCH3 is 2. The molecule has 66 valence electrons. The van der Waals surface area contributed by atoms with Crippen LogP contribution >= 0.6 is 0 Å². The molecule has 1 rings (SSSR count). The average molecular weight is 174 g/mol. The van der Waals surface area contributed by atoms with Gasteiger partial charge in [-0.2, -0.15) is 0 Å². The van der Waals surface area contributed by atoms with Crippen molar-refractivity contribution in [3.05, 3.63) is 24.3 Å². The molecule has 0 saturated carbocycles. The first kappa shape index (κ1) is 12.4. The molecular formula is C9H11LiO3. The summed E-state index contributed by atoms with van der Waals surface area (Å²) in [5, 5.41) is 0. The number of hydrogen-bond donors (Lipinski definition) is 0. The van der Waals surface area contributed by atoms with Gasteiger partial charge in [0.25, 0.3) is 0 Å². The molecule has 0 heterocycles. The van der Waals surface area contributed by atoms with Crippen LogP contribution in [0.3, 0.4) is 0 Å². The van der Waals surface area contributed by atoms with Crippen molar-refractivity contribution in [2.75, 3.05) is 21.0 Å². The van der Waals surface area contributed by atoms with Crippen LogP contribution in [-0.4, -0.2) is 21.0 Å². The van der Waals surface area contributed by atoms with E-state index in [9.17, 15) is 0 Å². The van der Waals surface area contributed by atoms with Crippen molar-refractivity contribution in [3.8, 4) is 11.5 Å². The Morgan fingerprint density at radius 1 is 1.31 bits per heavy atom. The molecule has 0 bridgehead atoms. The number of rotatable bonds is 4. The van der Waals surface area contributed by atoms with E-state index in [4.69, 9.17) is 14.2 Å². The minimum Gasteiger partial charge on any atom is -0.554 e. The van der Waals surface area contributed by atoms with Crippen LogP contribution in [0.15, 0.2) is 18.2 Å². The fourth-order valence-corrected chi connectivity index (χ4v) is 0.735. The zero-order valence-electron chi connectivity index (χ0n) is 8.16. The van der Waals surface area contributed by atoms with E-state index in [2.05, 4.69) is 6.07 Å². The summed E-state index contributed by atoms with van der Waals surface area (Å²) in [7, 11) is 3.18. The van der Waals surface area contributed by atoms with Gasteiger partial charge >= 0.3 is 18.9 Å². The van der Waals surface area contributed by atoms with E-state index in [1.165, 1.54) is 0 Å². The van der Waals surface area contributed by atoms with E-state index >= 15 is 0 Å². The van der Waals surface area contributed by atoms with E-state index in [1.807, 2.05) is 6.07 Å². The Morgan fingerprint density at radius 2 is 2.08 bits per heavy atom. The van der Waals surface area contributed by atoms with Crippen LogP contribution in [0.5, 0.6) is 11.5 Å². The third kappa shape index (κ3) is 4.23. The van der Waals surface area contributed by atoms with Crippen LogP contribution in [0.1, 0.15) is 0 Å². The minimum atomic E-state index is 0. The van der Waals surface area contributed by atoms with E-state index < -0.39 is 0 Å². The van der Waals surface area contributed by atoms with Gasteiger partial charge < -0.3 is 14.2 Å². The minimum absolute atomic E-state index is 0. The van der Waals surface area contributed by atoms with Crippen LogP contribution in [-0.2, 0) is 4.74 Å². The topological polar surface area (TPSA) is 27.7 Å². The van der Waals surface area contributed by atoms with Crippen LogP contribution < -0.4 is 28.3 Å². The summed E-state index contributed by atoms with van der Waals surface area (Å²) in [6.07, 6.45) is 0. The summed E-state index contributed by atoms with van der Waals surface area (Å²) >= 11 is 0. The molecule has 0 spiro atoms. The summed E-state index contributed by atoms with van der Waals surface area (Å²) in [4.78, 5) is 0. The first-order valence-corrected chi connectivity index (χ1v) is 3.54. The summed E-state index contributed by atoms with van der Waals surface area (Å²) < 4.78 is 14.8. The number of hydrogen-bond acceptors (Lipinski definition) is 3. The Morgan fingerprint density at radius 3 is 2.54 bits per heavy atom. The molecule has 1 aromatic rings. The molecule has 0 unspecified atom stereocenters. The van der Waals surface area contributed by atoms with Gasteiger partial charge in [0, 0.05) is 18.6 Å². The maximum absolute atomic E-state index is 5.12. The number of benzene rings is 1. The zero-order valence-corrected chi connectivity index (χ0v) is 8.16. The maximum Gasteiger partial charge on any atom is 1.00 e. The normalized spacial score (nSPS) is 8.77. The molecule has 0 amide bonds. The van der Waals surface area contributed by atoms with Gasteiger partial charge in [-0.05, 0) is 0 Å². The van der Waals surface area contributed by atoms with Gasteiger partial charge in [0.15, 0.2) is 6.79 Å². The van der Waals surface area contributed by atoms with E-state index in [-0.39, 0.29) is 25.7 Å². The van der Waals surface area contributed by atoms with Crippen molar-refractivity contribution in [1.82, 2.24) is 0 Å². The summed E-state index contributed by atoms with van der Waals surface area (Å²) in [5.74, 6) is 1.41. The molecule has 4 heteroatoms. The van der Waals surface area contributed by atoms with Gasteiger partial charge in [-0.15, -0.1) is 24.3 Å². The van der Waals surface area contributed by atoms with Crippen molar-refractivity contribution in [2.24, 2.45) is 0 Å². The molecule has 0 aromatic heterocycles. The van der Waals surface area contributed by atoms with Gasteiger partial charge in [0.2, 0.25) is 0 Å². The van der Waals surface area contributed by atoms with Crippen molar-refractivity contribution < 1.29 is 33.1 Å². The van der Waals surface area contributed by atoms with E-state index in [0.717, 1.165) is 5.75 Å². The first-order chi connectivity index (χ1) is 5.86. The number of ether oxygens (including phenoxy) is 3. The molecule has 0 saturated heterocycles. The second-order valence-electron chi connectivity index (χ2n) is 2.14. The summed E-state index contributed by atoms with van der Waals surface area (Å²) in [6.45, 7) is 0.239. The first-order valence-electron chi connectivity index (χ1n) is 3.54. The van der Waals surface area contributed by atoms with E-state index in [1.54, 1.807) is 26.4 Å². The van der Waals surface area contributed by atoms with Gasteiger partial charge in [0.1, 0.15) is 0 Å². The second-order valence-corrected chi connectivity index (χ2v) is 2.14. The van der Waals surface area contributed by atoms with Crippen LogP contribution in [0.25, 0.3) is 0 Å². The predicted octanol–water partition coefficient (Wildman–Crippen LogP) is -1.52. The van der Waals surface area contributed by atoms with Crippen molar-refractivity contribution in [3.63, 3.8) is 0 Å². The molecular weight excluding hydrogens is 163 g/mol. The Kier molecular flexibility index (Phi) is 6.52. The van der Waals surface area contributed by atoms with Crippen molar-refractivity contribution >= 4 is 0 Å².